The van der Waals surface area contributed by atoms with Gasteiger partial charge in [0.05, 0.1) is 18.6 Å². The van der Waals surface area contributed by atoms with Gasteiger partial charge in [-0.05, 0) is 52.9 Å². The molecule has 4 aromatic rings. The second kappa shape index (κ2) is 9.75. The summed E-state index contributed by atoms with van der Waals surface area (Å²) < 4.78 is 55.9. The molecule has 1 aliphatic carbocycles. The molecule has 1 N–H and O–H groups in total. The molecule has 184 valence electrons. The normalized spacial score (nSPS) is 14.7. The number of hydrogen-bond donors (Lipinski definition) is 1. The van der Waals surface area contributed by atoms with Gasteiger partial charge in [-0.1, -0.05) is 42.5 Å². The zero-order valence-electron chi connectivity index (χ0n) is 19.4. The summed E-state index contributed by atoms with van der Waals surface area (Å²) in [5.41, 5.74) is 5.07. The summed E-state index contributed by atoms with van der Waals surface area (Å²) in [6, 6.07) is 19.1. The largest absolute Gasteiger partial charge is 0.324 e. The summed E-state index contributed by atoms with van der Waals surface area (Å²) in [6.45, 7) is -0.158. The van der Waals surface area contributed by atoms with Crippen molar-refractivity contribution in [3.05, 3.63) is 107 Å². The van der Waals surface area contributed by atoms with Crippen LogP contribution >= 0.6 is 0 Å². The third-order valence-electron chi connectivity index (χ3n) is 6.13. The molecule has 0 bridgehead atoms. The zero-order chi connectivity index (χ0) is 25.3. The Morgan fingerprint density at radius 3 is 2.53 bits per heavy atom. The van der Waals surface area contributed by atoms with Gasteiger partial charge in [0.15, 0.2) is 0 Å². The van der Waals surface area contributed by atoms with Gasteiger partial charge in [-0.15, -0.1) is 0 Å². The van der Waals surface area contributed by atoms with Crippen molar-refractivity contribution in [1.82, 2.24) is 9.97 Å². The van der Waals surface area contributed by atoms with E-state index in [1.54, 1.807) is 24.4 Å². The van der Waals surface area contributed by atoms with Crippen molar-refractivity contribution >= 4 is 21.8 Å². The Balaban J connectivity index is 1.42. The van der Waals surface area contributed by atoms with Gasteiger partial charge in [0.1, 0.15) is 11.6 Å². The summed E-state index contributed by atoms with van der Waals surface area (Å²) in [6.07, 6.45) is 3.34. The van der Waals surface area contributed by atoms with Gasteiger partial charge in [-0.3, -0.25) is 4.18 Å². The number of rotatable bonds is 7. The highest BCUT2D eigenvalue weighted by atomic mass is 32.2. The SMILES string of the molecule is CS(=O)(=O)OCCc1cc(Nc2ncc3c(n2)-c2ccccc2[C@H](c2ccccc2F)C3)ccc1F. The molecule has 0 saturated heterocycles. The van der Waals surface area contributed by atoms with Gasteiger partial charge in [0, 0.05) is 29.8 Å². The van der Waals surface area contributed by atoms with E-state index < -0.39 is 15.9 Å². The minimum absolute atomic E-state index is 0.0876. The number of hydrogen-bond acceptors (Lipinski definition) is 6. The summed E-state index contributed by atoms with van der Waals surface area (Å²) in [5.74, 6) is -0.518. The van der Waals surface area contributed by atoms with Crippen LogP contribution in [0.25, 0.3) is 11.3 Å². The second-order valence-corrected chi connectivity index (χ2v) is 10.3. The molecule has 0 spiro atoms. The van der Waals surface area contributed by atoms with Crippen LogP contribution in [0.5, 0.6) is 0 Å². The van der Waals surface area contributed by atoms with Crippen LogP contribution < -0.4 is 5.32 Å². The monoisotopic (exact) mass is 507 g/mol. The van der Waals surface area contributed by atoms with E-state index in [0.717, 1.165) is 28.6 Å². The standard InChI is InChI=1S/C27H23F2N3O3S/c1-36(33,34)35-13-12-17-14-19(10-11-24(17)28)31-27-30-16-18-15-23(21-7-4-5-9-25(21)29)20-6-2-3-8-22(20)26(18)32-27/h2-11,14,16,23H,12-13,15H2,1H3,(H,30,31,32)/t23-/m1/s1. The second-order valence-electron chi connectivity index (χ2n) is 8.64. The first kappa shape index (κ1) is 24.0. The highest BCUT2D eigenvalue weighted by Gasteiger charge is 2.29. The van der Waals surface area contributed by atoms with Crippen LogP contribution in [0, 0.1) is 11.6 Å². The van der Waals surface area contributed by atoms with Crippen LogP contribution in [0.1, 0.15) is 28.2 Å². The number of anilines is 2. The van der Waals surface area contributed by atoms with Gasteiger partial charge in [-0.25, -0.2) is 18.7 Å². The lowest BCUT2D eigenvalue weighted by Gasteiger charge is -2.27. The molecule has 5 rings (SSSR count). The van der Waals surface area contributed by atoms with Crippen LogP contribution in [-0.2, 0) is 27.1 Å². The van der Waals surface area contributed by atoms with Gasteiger partial charge in [-0.2, -0.15) is 8.42 Å². The molecule has 0 unspecified atom stereocenters. The Kier molecular flexibility index (Phi) is 6.51. The Hall–Kier alpha value is -3.69. The average Bonchev–Trinajstić information content (AvgIpc) is 2.85. The molecule has 0 amide bonds. The van der Waals surface area contributed by atoms with Crippen LogP contribution in [-0.4, -0.2) is 31.2 Å². The van der Waals surface area contributed by atoms with E-state index in [4.69, 9.17) is 9.17 Å². The van der Waals surface area contributed by atoms with Crippen molar-refractivity contribution in [3.63, 3.8) is 0 Å². The average molecular weight is 508 g/mol. The van der Waals surface area contributed by atoms with Crippen molar-refractivity contribution in [3.8, 4) is 11.3 Å². The number of fused-ring (bicyclic) bond motifs is 3. The van der Waals surface area contributed by atoms with E-state index in [-0.39, 0.29) is 24.8 Å². The molecule has 0 aliphatic heterocycles. The number of halogens is 2. The molecule has 1 heterocycles. The number of nitrogens with one attached hydrogen (secondary N) is 1. The minimum Gasteiger partial charge on any atom is -0.324 e. The molecule has 1 aliphatic rings. The van der Waals surface area contributed by atoms with Crippen LogP contribution in [0.15, 0.2) is 72.9 Å². The molecule has 0 fully saturated rings. The maximum absolute atomic E-state index is 14.6. The molecule has 1 atom stereocenters. The Labute approximate surface area is 208 Å². The number of nitrogens with zero attached hydrogens (tertiary/aromatic N) is 2. The number of aromatic nitrogens is 2. The van der Waals surface area contributed by atoms with Crippen molar-refractivity contribution in [2.75, 3.05) is 18.2 Å². The highest BCUT2D eigenvalue weighted by Crippen LogP contribution is 2.42. The van der Waals surface area contributed by atoms with Crippen LogP contribution in [0.3, 0.4) is 0 Å². The first-order chi connectivity index (χ1) is 17.3. The molecule has 6 nitrogen and oxygen atoms in total. The highest BCUT2D eigenvalue weighted by molar-refractivity contribution is 7.85. The van der Waals surface area contributed by atoms with E-state index in [1.165, 1.54) is 12.1 Å². The van der Waals surface area contributed by atoms with Crippen molar-refractivity contribution in [1.29, 1.82) is 0 Å². The molecular weight excluding hydrogens is 484 g/mol. The fourth-order valence-corrected chi connectivity index (χ4v) is 4.89. The first-order valence-corrected chi connectivity index (χ1v) is 13.2. The van der Waals surface area contributed by atoms with Crippen molar-refractivity contribution in [2.45, 2.75) is 18.8 Å². The third-order valence-corrected chi connectivity index (χ3v) is 6.73. The summed E-state index contributed by atoms with van der Waals surface area (Å²) in [4.78, 5) is 9.18. The molecule has 36 heavy (non-hydrogen) atoms. The van der Waals surface area contributed by atoms with Gasteiger partial charge in [0.2, 0.25) is 5.95 Å². The third kappa shape index (κ3) is 5.12. The zero-order valence-corrected chi connectivity index (χ0v) is 20.2. The van der Waals surface area contributed by atoms with E-state index in [0.29, 0.717) is 29.2 Å². The maximum atomic E-state index is 14.6. The molecule has 1 aromatic heterocycles. The molecule has 0 radical (unpaired) electrons. The van der Waals surface area contributed by atoms with E-state index >= 15 is 0 Å². The summed E-state index contributed by atoms with van der Waals surface area (Å²) in [5, 5.41) is 3.10. The van der Waals surface area contributed by atoms with Gasteiger partial charge >= 0.3 is 0 Å². The van der Waals surface area contributed by atoms with E-state index in [1.807, 2.05) is 36.4 Å². The molecule has 3 aromatic carbocycles. The lowest BCUT2D eigenvalue weighted by Crippen LogP contribution is -2.16. The fraction of sp³-hybridized carbons (Fsp3) is 0.185. The Morgan fingerprint density at radius 2 is 1.75 bits per heavy atom. The topological polar surface area (TPSA) is 81.2 Å². The maximum Gasteiger partial charge on any atom is 0.264 e. The predicted molar refractivity (Wildman–Crippen MR) is 134 cm³/mol. The quantitative estimate of drug-likeness (QED) is 0.339. The van der Waals surface area contributed by atoms with Crippen molar-refractivity contribution in [2.24, 2.45) is 0 Å². The van der Waals surface area contributed by atoms with Crippen molar-refractivity contribution < 1.29 is 21.4 Å². The Morgan fingerprint density at radius 1 is 1.00 bits per heavy atom. The van der Waals surface area contributed by atoms with E-state index in [9.17, 15) is 17.2 Å². The smallest absolute Gasteiger partial charge is 0.264 e. The lowest BCUT2D eigenvalue weighted by molar-refractivity contribution is 0.324. The predicted octanol–water partition coefficient (Wildman–Crippen LogP) is 5.37. The Bertz CT molecular complexity index is 1540. The van der Waals surface area contributed by atoms with Crippen LogP contribution in [0.2, 0.25) is 0 Å². The van der Waals surface area contributed by atoms with Gasteiger partial charge in [0.25, 0.3) is 10.1 Å². The molecular formula is C27H23F2N3O3S. The lowest BCUT2D eigenvalue weighted by atomic mass is 9.78. The summed E-state index contributed by atoms with van der Waals surface area (Å²) >= 11 is 0. The van der Waals surface area contributed by atoms with Crippen LogP contribution in [0.4, 0.5) is 20.4 Å². The molecule has 0 saturated carbocycles. The molecule has 9 heteroatoms. The van der Waals surface area contributed by atoms with Gasteiger partial charge < -0.3 is 5.32 Å². The number of benzene rings is 3. The fourth-order valence-electron chi connectivity index (χ4n) is 4.51. The minimum atomic E-state index is -3.60. The first-order valence-electron chi connectivity index (χ1n) is 11.4. The summed E-state index contributed by atoms with van der Waals surface area (Å²) in [7, 11) is -3.60. The van der Waals surface area contributed by atoms with E-state index in [2.05, 4.69) is 10.3 Å².